The van der Waals surface area contributed by atoms with Crippen molar-refractivity contribution >= 4 is 11.6 Å². The molecular formula is C16H18N2O3. The van der Waals surface area contributed by atoms with Gasteiger partial charge in [-0.15, -0.1) is 0 Å². The summed E-state index contributed by atoms with van der Waals surface area (Å²) in [6, 6.07) is 12.1. The zero-order valence-electron chi connectivity index (χ0n) is 12.0. The Balaban J connectivity index is 2.28. The largest absolute Gasteiger partial charge is 0.455 e. The zero-order valence-corrected chi connectivity index (χ0v) is 12.0. The monoisotopic (exact) mass is 286 g/mol. The molecule has 0 saturated carbocycles. The molecule has 0 fully saturated rings. The first-order valence-corrected chi connectivity index (χ1v) is 6.50. The first kappa shape index (κ1) is 14.9. The molecule has 1 amide bonds. The summed E-state index contributed by atoms with van der Waals surface area (Å²) in [7, 11) is 3.36. The minimum atomic E-state index is -0.121. The Labute approximate surface area is 123 Å². The number of rotatable bonds is 4. The van der Waals surface area contributed by atoms with Crippen molar-refractivity contribution in [1.29, 1.82) is 0 Å². The summed E-state index contributed by atoms with van der Waals surface area (Å²) in [6.45, 7) is -0.118. The van der Waals surface area contributed by atoms with E-state index in [-0.39, 0.29) is 12.5 Å². The SMILES string of the molecule is CN(C)C(=O)c1ccc(Oc2ccccc2CO)c(N)c1. The number of aliphatic hydroxyl groups is 1. The third kappa shape index (κ3) is 3.32. The molecule has 5 heteroatoms. The number of benzene rings is 2. The van der Waals surface area contributed by atoms with E-state index >= 15 is 0 Å². The fourth-order valence-electron chi connectivity index (χ4n) is 1.89. The van der Waals surface area contributed by atoms with Crippen LogP contribution in [0.1, 0.15) is 15.9 Å². The molecule has 5 nitrogen and oxygen atoms in total. The summed E-state index contributed by atoms with van der Waals surface area (Å²) >= 11 is 0. The number of carbonyl (C=O) groups is 1. The van der Waals surface area contributed by atoms with E-state index < -0.39 is 0 Å². The standard InChI is InChI=1S/C16H18N2O3/c1-18(2)16(20)11-7-8-15(13(17)9-11)21-14-6-4-3-5-12(14)10-19/h3-9,19H,10,17H2,1-2H3. The fourth-order valence-corrected chi connectivity index (χ4v) is 1.89. The first-order valence-electron chi connectivity index (χ1n) is 6.50. The third-order valence-electron chi connectivity index (χ3n) is 3.03. The molecule has 110 valence electrons. The average Bonchev–Trinajstić information content (AvgIpc) is 2.49. The van der Waals surface area contributed by atoms with Crippen LogP contribution < -0.4 is 10.5 Å². The quantitative estimate of drug-likeness (QED) is 0.845. The Hall–Kier alpha value is -2.53. The lowest BCUT2D eigenvalue weighted by molar-refractivity contribution is 0.0827. The molecule has 2 aromatic rings. The van der Waals surface area contributed by atoms with Gasteiger partial charge in [0.05, 0.1) is 12.3 Å². The fraction of sp³-hybridized carbons (Fsp3) is 0.188. The Morgan fingerprint density at radius 1 is 1.19 bits per heavy atom. The van der Waals surface area contributed by atoms with Gasteiger partial charge in [0.25, 0.3) is 5.91 Å². The van der Waals surface area contributed by atoms with E-state index in [1.165, 1.54) is 4.90 Å². The minimum absolute atomic E-state index is 0.118. The van der Waals surface area contributed by atoms with Crippen molar-refractivity contribution in [2.24, 2.45) is 0 Å². The number of carbonyl (C=O) groups excluding carboxylic acids is 1. The van der Waals surface area contributed by atoms with Gasteiger partial charge >= 0.3 is 0 Å². The highest BCUT2D eigenvalue weighted by Crippen LogP contribution is 2.30. The summed E-state index contributed by atoms with van der Waals surface area (Å²) in [5, 5.41) is 9.28. The van der Waals surface area contributed by atoms with Crippen molar-refractivity contribution in [2.45, 2.75) is 6.61 Å². The molecule has 0 saturated heterocycles. The number of anilines is 1. The van der Waals surface area contributed by atoms with E-state index in [0.717, 1.165) is 0 Å². The number of para-hydroxylation sites is 1. The van der Waals surface area contributed by atoms with Gasteiger partial charge in [-0.05, 0) is 24.3 Å². The van der Waals surface area contributed by atoms with Crippen LogP contribution in [0.4, 0.5) is 5.69 Å². The van der Waals surface area contributed by atoms with E-state index in [1.807, 2.05) is 12.1 Å². The van der Waals surface area contributed by atoms with Crippen molar-refractivity contribution in [3.05, 3.63) is 53.6 Å². The number of aliphatic hydroxyl groups excluding tert-OH is 1. The number of amides is 1. The second kappa shape index (κ2) is 6.28. The van der Waals surface area contributed by atoms with Crippen molar-refractivity contribution in [1.82, 2.24) is 4.90 Å². The van der Waals surface area contributed by atoms with Gasteiger partial charge in [0.2, 0.25) is 0 Å². The predicted octanol–water partition coefficient (Wildman–Crippen LogP) is 2.26. The summed E-state index contributed by atoms with van der Waals surface area (Å²) in [5.41, 5.74) is 7.48. The number of nitrogens with zero attached hydrogens (tertiary/aromatic N) is 1. The highest BCUT2D eigenvalue weighted by molar-refractivity contribution is 5.95. The number of hydrogen-bond acceptors (Lipinski definition) is 4. The zero-order chi connectivity index (χ0) is 15.4. The molecule has 0 aliphatic rings. The van der Waals surface area contributed by atoms with E-state index in [2.05, 4.69) is 0 Å². The van der Waals surface area contributed by atoms with Crippen LogP contribution in [0.3, 0.4) is 0 Å². The summed E-state index contributed by atoms with van der Waals surface area (Å²) in [5.74, 6) is 0.869. The Morgan fingerprint density at radius 3 is 2.52 bits per heavy atom. The van der Waals surface area contributed by atoms with Crippen LogP contribution in [0.5, 0.6) is 11.5 Å². The van der Waals surface area contributed by atoms with Crippen LogP contribution in [0.15, 0.2) is 42.5 Å². The van der Waals surface area contributed by atoms with E-state index in [0.29, 0.717) is 28.3 Å². The Morgan fingerprint density at radius 2 is 1.90 bits per heavy atom. The molecule has 0 unspecified atom stereocenters. The van der Waals surface area contributed by atoms with Gasteiger partial charge in [-0.3, -0.25) is 4.79 Å². The van der Waals surface area contributed by atoms with Gasteiger partial charge in [-0.2, -0.15) is 0 Å². The second-order valence-corrected chi connectivity index (χ2v) is 4.82. The maximum absolute atomic E-state index is 11.9. The maximum atomic E-state index is 11.9. The smallest absolute Gasteiger partial charge is 0.253 e. The molecule has 0 radical (unpaired) electrons. The van der Waals surface area contributed by atoms with Crippen molar-refractivity contribution in [3.63, 3.8) is 0 Å². The maximum Gasteiger partial charge on any atom is 0.253 e. The molecule has 2 aromatic carbocycles. The van der Waals surface area contributed by atoms with E-state index in [4.69, 9.17) is 10.5 Å². The van der Waals surface area contributed by atoms with Gasteiger partial charge in [0.15, 0.2) is 0 Å². The normalized spacial score (nSPS) is 10.2. The molecular weight excluding hydrogens is 268 g/mol. The highest BCUT2D eigenvalue weighted by Gasteiger charge is 2.12. The highest BCUT2D eigenvalue weighted by atomic mass is 16.5. The minimum Gasteiger partial charge on any atom is -0.455 e. The van der Waals surface area contributed by atoms with Gasteiger partial charge in [0.1, 0.15) is 11.5 Å². The summed E-state index contributed by atoms with van der Waals surface area (Å²) in [4.78, 5) is 13.3. The van der Waals surface area contributed by atoms with Gasteiger partial charge in [-0.1, -0.05) is 18.2 Å². The van der Waals surface area contributed by atoms with Crippen LogP contribution in [-0.2, 0) is 6.61 Å². The van der Waals surface area contributed by atoms with Crippen LogP contribution in [0.25, 0.3) is 0 Å². The van der Waals surface area contributed by atoms with Crippen molar-refractivity contribution in [3.8, 4) is 11.5 Å². The average molecular weight is 286 g/mol. The van der Waals surface area contributed by atoms with E-state index in [9.17, 15) is 9.90 Å². The molecule has 0 aromatic heterocycles. The van der Waals surface area contributed by atoms with Gasteiger partial charge < -0.3 is 20.5 Å². The molecule has 0 aliphatic carbocycles. The van der Waals surface area contributed by atoms with Crippen LogP contribution in [0.2, 0.25) is 0 Å². The molecule has 0 aliphatic heterocycles. The molecule has 0 atom stereocenters. The number of nitrogens with two attached hydrogens (primary N) is 1. The lowest BCUT2D eigenvalue weighted by atomic mass is 10.1. The molecule has 0 heterocycles. The van der Waals surface area contributed by atoms with Crippen molar-refractivity contribution in [2.75, 3.05) is 19.8 Å². The molecule has 21 heavy (non-hydrogen) atoms. The van der Waals surface area contributed by atoms with Crippen LogP contribution in [0, 0.1) is 0 Å². The topological polar surface area (TPSA) is 75.8 Å². The molecule has 0 spiro atoms. The van der Waals surface area contributed by atoms with Gasteiger partial charge in [0, 0.05) is 25.2 Å². The summed E-state index contributed by atoms with van der Waals surface area (Å²) in [6.07, 6.45) is 0. The number of ether oxygens (including phenoxy) is 1. The Bertz CT molecular complexity index is 654. The molecule has 3 N–H and O–H groups in total. The number of hydrogen-bond donors (Lipinski definition) is 2. The van der Waals surface area contributed by atoms with Crippen molar-refractivity contribution < 1.29 is 14.6 Å². The Kier molecular flexibility index (Phi) is 4.45. The van der Waals surface area contributed by atoms with E-state index in [1.54, 1.807) is 44.4 Å². The second-order valence-electron chi connectivity index (χ2n) is 4.82. The molecule has 0 bridgehead atoms. The predicted molar refractivity (Wildman–Crippen MR) is 81.3 cm³/mol. The summed E-state index contributed by atoms with van der Waals surface area (Å²) < 4.78 is 5.72. The molecule has 2 rings (SSSR count). The van der Waals surface area contributed by atoms with Gasteiger partial charge in [-0.25, -0.2) is 0 Å². The first-order chi connectivity index (χ1) is 10.0. The lowest BCUT2D eigenvalue weighted by Gasteiger charge is -2.14. The van der Waals surface area contributed by atoms with Crippen LogP contribution >= 0.6 is 0 Å². The third-order valence-corrected chi connectivity index (χ3v) is 3.03. The lowest BCUT2D eigenvalue weighted by Crippen LogP contribution is -2.21. The van der Waals surface area contributed by atoms with Crippen LogP contribution in [-0.4, -0.2) is 30.0 Å². The number of nitrogen functional groups attached to an aromatic ring is 1.